The van der Waals surface area contributed by atoms with Crippen molar-refractivity contribution in [3.8, 4) is 0 Å². The SMILES string of the molecule is C=CCN(c1ccccc1)S(=O)(=O)c1ccc(Cl)c(C(=O)OC(C)C(=O)NC(N)=O)c1. The number of anilines is 1. The molecule has 2 rings (SSSR count). The van der Waals surface area contributed by atoms with Crippen molar-refractivity contribution in [1.82, 2.24) is 5.32 Å². The third-order valence-corrected chi connectivity index (χ3v) is 6.10. The molecule has 9 nitrogen and oxygen atoms in total. The van der Waals surface area contributed by atoms with E-state index in [0.717, 1.165) is 10.4 Å². The number of hydrogen-bond acceptors (Lipinski definition) is 6. The van der Waals surface area contributed by atoms with Gasteiger partial charge in [0.05, 0.1) is 27.7 Å². The third-order valence-electron chi connectivity index (χ3n) is 3.98. The van der Waals surface area contributed by atoms with Crippen LogP contribution in [-0.4, -0.2) is 39.0 Å². The summed E-state index contributed by atoms with van der Waals surface area (Å²) in [5.41, 5.74) is 4.99. The highest BCUT2D eigenvalue weighted by Crippen LogP contribution is 2.27. The van der Waals surface area contributed by atoms with Crippen LogP contribution in [0.1, 0.15) is 17.3 Å². The number of imide groups is 1. The van der Waals surface area contributed by atoms with Crippen molar-refractivity contribution in [1.29, 1.82) is 0 Å². The maximum Gasteiger partial charge on any atom is 0.340 e. The van der Waals surface area contributed by atoms with Gasteiger partial charge in [0, 0.05) is 0 Å². The summed E-state index contributed by atoms with van der Waals surface area (Å²) >= 11 is 6.05. The maximum absolute atomic E-state index is 13.2. The predicted molar refractivity (Wildman–Crippen MR) is 115 cm³/mol. The molecular weight excluding hydrogens is 446 g/mol. The minimum absolute atomic E-state index is 0.0148. The van der Waals surface area contributed by atoms with Crippen LogP contribution in [0.25, 0.3) is 0 Å². The maximum atomic E-state index is 13.2. The van der Waals surface area contributed by atoms with Gasteiger partial charge in [0.1, 0.15) is 0 Å². The molecule has 3 N–H and O–H groups in total. The molecule has 2 aromatic rings. The monoisotopic (exact) mass is 465 g/mol. The molecule has 0 spiro atoms. The zero-order chi connectivity index (χ0) is 23.2. The van der Waals surface area contributed by atoms with Crippen molar-refractivity contribution in [2.75, 3.05) is 10.8 Å². The molecule has 11 heteroatoms. The molecule has 0 radical (unpaired) electrons. The van der Waals surface area contributed by atoms with Crippen molar-refractivity contribution in [3.05, 3.63) is 71.8 Å². The molecule has 164 valence electrons. The van der Waals surface area contributed by atoms with E-state index in [2.05, 4.69) is 6.58 Å². The number of urea groups is 1. The number of sulfonamides is 1. The zero-order valence-corrected chi connectivity index (χ0v) is 18.0. The molecule has 0 aliphatic carbocycles. The van der Waals surface area contributed by atoms with E-state index in [1.807, 2.05) is 0 Å². The van der Waals surface area contributed by atoms with Gasteiger partial charge in [0.25, 0.3) is 15.9 Å². The normalized spacial score (nSPS) is 11.8. The van der Waals surface area contributed by atoms with Gasteiger partial charge in [-0.25, -0.2) is 18.0 Å². The highest BCUT2D eigenvalue weighted by molar-refractivity contribution is 7.92. The Bertz CT molecular complexity index is 1110. The highest BCUT2D eigenvalue weighted by Gasteiger charge is 2.27. The lowest BCUT2D eigenvalue weighted by molar-refractivity contribution is -0.127. The Hall–Kier alpha value is -3.37. The fourth-order valence-electron chi connectivity index (χ4n) is 2.50. The van der Waals surface area contributed by atoms with Crippen LogP contribution in [0, 0.1) is 0 Å². The number of nitrogens with one attached hydrogen (secondary N) is 1. The van der Waals surface area contributed by atoms with Crippen LogP contribution in [0.3, 0.4) is 0 Å². The number of nitrogens with two attached hydrogens (primary N) is 1. The minimum Gasteiger partial charge on any atom is -0.449 e. The van der Waals surface area contributed by atoms with Gasteiger partial charge in [-0.15, -0.1) is 6.58 Å². The molecule has 0 aliphatic rings. The first-order valence-corrected chi connectivity index (χ1v) is 10.7. The Balaban J connectivity index is 2.38. The summed E-state index contributed by atoms with van der Waals surface area (Å²) < 4.78 is 32.5. The van der Waals surface area contributed by atoms with Crippen LogP contribution >= 0.6 is 11.6 Å². The van der Waals surface area contributed by atoms with Gasteiger partial charge in [-0.05, 0) is 37.3 Å². The number of nitrogens with zero attached hydrogens (tertiary/aromatic N) is 1. The van der Waals surface area contributed by atoms with Gasteiger partial charge >= 0.3 is 12.0 Å². The van der Waals surface area contributed by atoms with Crippen molar-refractivity contribution in [2.24, 2.45) is 5.73 Å². The number of hydrogen-bond donors (Lipinski definition) is 2. The Morgan fingerprint density at radius 2 is 1.87 bits per heavy atom. The molecule has 0 saturated carbocycles. The molecule has 0 heterocycles. The van der Waals surface area contributed by atoms with E-state index in [4.69, 9.17) is 22.1 Å². The Labute approximate surface area is 184 Å². The van der Waals surface area contributed by atoms with Gasteiger partial charge < -0.3 is 10.5 Å². The Morgan fingerprint density at radius 3 is 2.45 bits per heavy atom. The fraction of sp³-hybridized carbons (Fsp3) is 0.150. The number of para-hydroxylation sites is 1. The Kier molecular flexibility index (Phi) is 7.78. The molecule has 31 heavy (non-hydrogen) atoms. The summed E-state index contributed by atoms with van der Waals surface area (Å²) in [4.78, 5) is 34.7. The van der Waals surface area contributed by atoms with E-state index in [1.54, 1.807) is 35.6 Å². The van der Waals surface area contributed by atoms with Crippen LogP contribution in [0.2, 0.25) is 5.02 Å². The van der Waals surface area contributed by atoms with Gasteiger partial charge in [-0.1, -0.05) is 35.9 Å². The number of carbonyl (C=O) groups is 3. The molecule has 0 aliphatic heterocycles. The summed E-state index contributed by atoms with van der Waals surface area (Å²) in [7, 11) is -4.09. The zero-order valence-electron chi connectivity index (χ0n) is 16.4. The molecule has 0 bridgehead atoms. The van der Waals surface area contributed by atoms with E-state index in [9.17, 15) is 22.8 Å². The van der Waals surface area contributed by atoms with Crippen LogP contribution < -0.4 is 15.4 Å². The number of amides is 3. The summed E-state index contributed by atoms with van der Waals surface area (Å²) in [6.07, 6.45) is 0.0483. The van der Waals surface area contributed by atoms with Gasteiger partial charge in [0.15, 0.2) is 6.10 Å². The second-order valence-corrected chi connectivity index (χ2v) is 8.47. The molecule has 0 aromatic heterocycles. The van der Waals surface area contributed by atoms with Gasteiger partial charge in [-0.3, -0.25) is 14.4 Å². The standard InChI is InChI=1S/C20H20ClN3O6S/c1-3-11-24(14-7-5-4-6-8-14)31(28,29)15-9-10-17(21)16(12-15)19(26)30-13(2)18(25)23-20(22)27/h3-10,12-13H,1,11H2,2H3,(H3,22,23,25,27). The van der Waals surface area contributed by atoms with E-state index in [0.29, 0.717) is 5.69 Å². The van der Waals surface area contributed by atoms with Gasteiger partial charge in [-0.2, -0.15) is 0 Å². The number of rotatable bonds is 8. The van der Waals surface area contributed by atoms with Crippen LogP contribution in [0.15, 0.2) is 66.1 Å². The average molecular weight is 466 g/mol. The van der Waals surface area contributed by atoms with Crippen LogP contribution in [-0.2, 0) is 19.6 Å². The number of esters is 1. The van der Waals surface area contributed by atoms with Crippen molar-refractivity contribution in [2.45, 2.75) is 17.9 Å². The molecule has 2 aromatic carbocycles. The van der Waals surface area contributed by atoms with Crippen molar-refractivity contribution >= 4 is 45.2 Å². The topological polar surface area (TPSA) is 136 Å². The fourth-order valence-corrected chi connectivity index (χ4v) is 4.16. The second kappa shape index (κ2) is 10.1. The summed E-state index contributed by atoms with van der Waals surface area (Å²) in [6.45, 7) is 4.79. The van der Waals surface area contributed by atoms with Crippen LogP contribution in [0.4, 0.5) is 10.5 Å². The lowest BCUT2D eigenvalue weighted by Gasteiger charge is -2.23. The summed E-state index contributed by atoms with van der Waals surface area (Å²) in [5, 5.41) is 1.69. The number of benzene rings is 2. The molecule has 3 amide bonds. The highest BCUT2D eigenvalue weighted by atomic mass is 35.5. The molecule has 0 saturated heterocycles. The molecule has 0 fully saturated rings. The Morgan fingerprint density at radius 1 is 1.23 bits per heavy atom. The first kappa shape index (κ1) is 23.9. The van der Waals surface area contributed by atoms with E-state index >= 15 is 0 Å². The smallest absolute Gasteiger partial charge is 0.340 e. The number of halogens is 1. The largest absolute Gasteiger partial charge is 0.449 e. The first-order valence-electron chi connectivity index (χ1n) is 8.87. The van der Waals surface area contributed by atoms with Crippen molar-refractivity contribution < 1.29 is 27.5 Å². The predicted octanol–water partition coefficient (Wildman–Crippen LogP) is 2.46. The molecule has 1 atom stereocenters. The number of ether oxygens (including phenoxy) is 1. The van der Waals surface area contributed by atoms with E-state index in [1.165, 1.54) is 25.1 Å². The van der Waals surface area contributed by atoms with E-state index in [-0.39, 0.29) is 22.0 Å². The number of primary amides is 1. The average Bonchev–Trinajstić information content (AvgIpc) is 2.72. The first-order chi connectivity index (χ1) is 14.6. The van der Waals surface area contributed by atoms with Crippen LogP contribution in [0.5, 0.6) is 0 Å². The molecular formula is C20H20ClN3O6S. The van der Waals surface area contributed by atoms with Gasteiger partial charge in [0.2, 0.25) is 0 Å². The summed E-state index contributed by atoms with van der Waals surface area (Å²) in [6, 6.07) is 10.8. The minimum atomic E-state index is -4.09. The molecule has 1 unspecified atom stereocenters. The third kappa shape index (κ3) is 5.83. The summed E-state index contributed by atoms with van der Waals surface area (Å²) in [5.74, 6) is -1.99. The van der Waals surface area contributed by atoms with E-state index < -0.39 is 34.0 Å². The lowest BCUT2D eigenvalue weighted by atomic mass is 10.2. The second-order valence-electron chi connectivity index (χ2n) is 6.20. The quantitative estimate of drug-likeness (QED) is 0.454. The van der Waals surface area contributed by atoms with Crippen molar-refractivity contribution in [3.63, 3.8) is 0 Å². The number of carbonyl (C=O) groups excluding carboxylic acids is 3. The lowest BCUT2D eigenvalue weighted by Crippen LogP contribution is -2.42.